The highest BCUT2D eigenvalue weighted by atomic mass is 35.5. The third-order valence-electron chi connectivity index (χ3n) is 3.09. The largest absolute Gasteiger partial charge is 0.357 e. The number of rotatable bonds is 2. The molecule has 0 spiro atoms. The van der Waals surface area contributed by atoms with Gasteiger partial charge in [0.15, 0.2) is 5.62 Å². The van der Waals surface area contributed by atoms with Crippen LogP contribution in [0.2, 0.25) is 0 Å². The van der Waals surface area contributed by atoms with Gasteiger partial charge in [0, 0.05) is 32.4 Å². The van der Waals surface area contributed by atoms with Gasteiger partial charge in [-0.1, -0.05) is 11.6 Å². The fourth-order valence-electron chi connectivity index (χ4n) is 2.10. The van der Waals surface area contributed by atoms with Crippen LogP contribution in [0.15, 0.2) is 16.9 Å². The number of hydrogen-bond acceptors (Lipinski definition) is 5. The fourth-order valence-corrected chi connectivity index (χ4v) is 2.27. The Morgan fingerprint density at radius 3 is 2.75 bits per heavy atom. The number of aliphatic imine (C=N–C) groups is 1. The molecule has 0 aromatic rings. The van der Waals surface area contributed by atoms with Crippen LogP contribution in [-0.4, -0.2) is 60.7 Å². The topological polar surface area (TPSA) is 43.4 Å². The average molecular weight is 243 g/mol. The first-order valence-corrected chi connectivity index (χ1v) is 6.01. The van der Waals surface area contributed by atoms with Crippen molar-refractivity contribution in [3.05, 3.63) is 11.9 Å². The molecule has 0 saturated carbocycles. The van der Waals surface area contributed by atoms with Crippen molar-refractivity contribution in [3.63, 3.8) is 0 Å². The smallest absolute Gasteiger partial charge is 0.196 e. The molecule has 6 heteroatoms. The van der Waals surface area contributed by atoms with Crippen molar-refractivity contribution in [1.82, 2.24) is 15.1 Å². The lowest BCUT2D eigenvalue weighted by Gasteiger charge is -2.37. The molecule has 2 saturated heterocycles. The molecule has 2 fully saturated rings. The van der Waals surface area contributed by atoms with E-state index in [2.05, 4.69) is 20.1 Å². The first-order chi connectivity index (χ1) is 7.83. The molecule has 0 amide bonds. The summed E-state index contributed by atoms with van der Waals surface area (Å²) in [6.45, 7) is 5.02. The molecule has 5 nitrogen and oxygen atoms in total. The molecule has 0 radical (unpaired) electrons. The Kier molecular flexibility index (Phi) is 2.75. The predicted molar refractivity (Wildman–Crippen MR) is 62.2 cm³/mol. The van der Waals surface area contributed by atoms with E-state index >= 15 is 0 Å². The van der Waals surface area contributed by atoms with Gasteiger partial charge in [0.1, 0.15) is 12.0 Å². The molecule has 1 N–H and O–H groups in total. The molecule has 16 heavy (non-hydrogen) atoms. The number of epoxide rings is 1. The van der Waals surface area contributed by atoms with Crippen molar-refractivity contribution >= 4 is 17.8 Å². The Balaban J connectivity index is 1.56. The molecule has 0 bridgehead atoms. The van der Waals surface area contributed by atoms with Gasteiger partial charge < -0.3 is 15.0 Å². The van der Waals surface area contributed by atoms with Gasteiger partial charge in [-0.15, -0.1) is 0 Å². The van der Waals surface area contributed by atoms with E-state index < -0.39 is 0 Å². The Bertz CT molecular complexity index is 321. The number of allylic oxidation sites excluding steroid dienone is 1. The molecule has 3 aliphatic rings. The monoisotopic (exact) mass is 242 g/mol. The first kappa shape index (κ1) is 10.4. The zero-order valence-corrected chi connectivity index (χ0v) is 9.73. The van der Waals surface area contributed by atoms with Crippen LogP contribution in [0.3, 0.4) is 0 Å². The van der Waals surface area contributed by atoms with Gasteiger partial charge in [0.25, 0.3) is 0 Å². The maximum atomic E-state index is 5.91. The van der Waals surface area contributed by atoms with Crippen LogP contribution in [0.25, 0.3) is 0 Å². The van der Waals surface area contributed by atoms with Gasteiger partial charge in [-0.2, -0.15) is 0 Å². The second-order valence-corrected chi connectivity index (χ2v) is 4.55. The number of alkyl halides is 1. The number of piperazine rings is 1. The van der Waals surface area contributed by atoms with E-state index in [4.69, 9.17) is 16.3 Å². The summed E-state index contributed by atoms with van der Waals surface area (Å²) in [5.41, 5.74) is -0.329. The van der Waals surface area contributed by atoms with Gasteiger partial charge in [-0.25, -0.2) is 0 Å². The van der Waals surface area contributed by atoms with Gasteiger partial charge in [0.05, 0.1) is 6.61 Å². The van der Waals surface area contributed by atoms with Gasteiger partial charge >= 0.3 is 0 Å². The predicted octanol–water partition coefficient (Wildman–Crippen LogP) is -0.00190. The molecule has 0 aromatic carbocycles. The summed E-state index contributed by atoms with van der Waals surface area (Å²) in [7, 11) is 0. The highest BCUT2D eigenvalue weighted by Gasteiger charge is 2.33. The quantitative estimate of drug-likeness (QED) is 0.421. The molecule has 2 atom stereocenters. The second-order valence-electron chi connectivity index (χ2n) is 4.14. The second kappa shape index (κ2) is 4.24. The van der Waals surface area contributed by atoms with Crippen LogP contribution in [0, 0.1) is 0 Å². The normalized spacial score (nSPS) is 34.6. The van der Waals surface area contributed by atoms with E-state index in [1.54, 1.807) is 6.21 Å². The van der Waals surface area contributed by atoms with Crippen LogP contribution in [-0.2, 0) is 4.74 Å². The van der Waals surface area contributed by atoms with Gasteiger partial charge in [-0.05, 0) is 6.08 Å². The summed E-state index contributed by atoms with van der Waals surface area (Å²) in [6.07, 6.45) is 4.12. The van der Waals surface area contributed by atoms with Crippen LogP contribution in [0.4, 0.5) is 0 Å². The first-order valence-electron chi connectivity index (χ1n) is 5.57. The molecular weight excluding hydrogens is 228 g/mol. The number of ether oxygens (including phenoxy) is 1. The highest BCUT2D eigenvalue weighted by molar-refractivity contribution is 6.20. The van der Waals surface area contributed by atoms with E-state index in [0.29, 0.717) is 6.23 Å². The maximum Gasteiger partial charge on any atom is 0.196 e. The Hall–Kier alpha value is -0.780. The van der Waals surface area contributed by atoms with Crippen molar-refractivity contribution in [2.45, 2.75) is 11.9 Å². The van der Waals surface area contributed by atoms with Crippen LogP contribution < -0.4 is 5.32 Å². The van der Waals surface area contributed by atoms with E-state index in [-0.39, 0.29) is 5.62 Å². The standard InChI is InChI=1S/C10H15ClN4O/c11-10-12-2-1-8(13-10)14-3-5-15(6-4-14)9-7-16-9/h1-2,9-10,13H,3-7H2. The molecular formula is C10H15ClN4O. The van der Waals surface area contributed by atoms with Gasteiger partial charge in [0.2, 0.25) is 0 Å². The Morgan fingerprint density at radius 2 is 2.12 bits per heavy atom. The summed E-state index contributed by atoms with van der Waals surface area (Å²) in [4.78, 5) is 8.71. The SMILES string of the molecule is ClC1N=CC=C(N2CCN(C3CO3)CC2)N1. The minimum Gasteiger partial charge on any atom is -0.357 e. The molecule has 88 valence electrons. The van der Waals surface area contributed by atoms with Crippen molar-refractivity contribution in [2.75, 3.05) is 32.8 Å². The van der Waals surface area contributed by atoms with Crippen LogP contribution >= 0.6 is 11.6 Å². The molecule has 0 aliphatic carbocycles. The molecule has 3 heterocycles. The van der Waals surface area contributed by atoms with Gasteiger partial charge in [-0.3, -0.25) is 9.89 Å². The molecule has 0 aromatic heterocycles. The minimum atomic E-state index is -0.329. The molecule has 3 rings (SSSR count). The average Bonchev–Trinajstić information content (AvgIpc) is 3.13. The third kappa shape index (κ3) is 2.16. The lowest BCUT2D eigenvalue weighted by molar-refractivity contribution is 0.104. The maximum absolute atomic E-state index is 5.91. The zero-order chi connectivity index (χ0) is 11.0. The molecule has 2 unspecified atom stereocenters. The van der Waals surface area contributed by atoms with Crippen molar-refractivity contribution in [3.8, 4) is 0 Å². The Labute approximate surface area is 99.7 Å². The van der Waals surface area contributed by atoms with Crippen molar-refractivity contribution in [2.24, 2.45) is 4.99 Å². The van der Waals surface area contributed by atoms with E-state index in [9.17, 15) is 0 Å². The van der Waals surface area contributed by atoms with Crippen LogP contribution in [0.1, 0.15) is 0 Å². The summed E-state index contributed by atoms with van der Waals surface area (Å²) in [5.74, 6) is 1.08. The summed E-state index contributed by atoms with van der Waals surface area (Å²) in [5, 5.41) is 3.15. The highest BCUT2D eigenvalue weighted by Crippen LogP contribution is 2.19. The lowest BCUT2D eigenvalue weighted by Crippen LogP contribution is -2.49. The number of hydrogen-bond donors (Lipinski definition) is 1. The number of halogens is 1. The fraction of sp³-hybridized carbons (Fsp3) is 0.700. The van der Waals surface area contributed by atoms with E-state index in [0.717, 1.165) is 38.6 Å². The van der Waals surface area contributed by atoms with Crippen LogP contribution in [0.5, 0.6) is 0 Å². The zero-order valence-electron chi connectivity index (χ0n) is 8.97. The third-order valence-corrected chi connectivity index (χ3v) is 3.32. The minimum absolute atomic E-state index is 0.329. The number of nitrogens with zero attached hydrogens (tertiary/aromatic N) is 3. The summed E-state index contributed by atoms with van der Waals surface area (Å²) >= 11 is 5.91. The molecule has 3 aliphatic heterocycles. The van der Waals surface area contributed by atoms with E-state index in [1.807, 2.05) is 6.08 Å². The van der Waals surface area contributed by atoms with E-state index in [1.165, 1.54) is 0 Å². The number of nitrogens with one attached hydrogen (secondary N) is 1. The van der Waals surface area contributed by atoms with Crippen molar-refractivity contribution < 1.29 is 4.74 Å². The van der Waals surface area contributed by atoms with Crippen molar-refractivity contribution in [1.29, 1.82) is 0 Å². The lowest BCUT2D eigenvalue weighted by atomic mass is 10.3. The summed E-state index contributed by atoms with van der Waals surface area (Å²) in [6, 6.07) is 0. The Morgan fingerprint density at radius 1 is 1.38 bits per heavy atom. The summed E-state index contributed by atoms with van der Waals surface area (Å²) < 4.78 is 5.28.